The molecule has 2 aromatic carbocycles. The number of rotatable bonds is 6. The van der Waals surface area contributed by atoms with Crippen molar-refractivity contribution < 1.29 is 9.59 Å². The maximum absolute atomic E-state index is 12.7. The van der Waals surface area contributed by atoms with Gasteiger partial charge in [-0.1, -0.05) is 48.5 Å². The standard InChI is InChI=1S/C22H20N6O2/c1-16(29)23-21-14-19(25-28(21)18-10-6-3-7-11-18)22(30)24-20-12-13-27(26-20)15-17-8-4-2-5-9-17/h2-14H,15H2,1H3,(H,23,29)(H,24,26,30). The highest BCUT2D eigenvalue weighted by Gasteiger charge is 2.17. The first kappa shape index (κ1) is 19.1. The van der Waals surface area contributed by atoms with Crippen LogP contribution in [-0.2, 0) is 11.3 Å². The van der Waals surface area contributed by atoms with Crippen molar-refractivity contribution in [3.8, 4) is 5.69 Å². The molecule has 2 amide bonds. The highest BCUT2D eigenvalue weighted by molar-refractivity contribution is 6.03. The average Bonchev–Trinajstić information content (AvgIpc) is 3.36. The van der Waals surface area contributed by atoms with E-state index in [0.29, 0.717) is 18.2 Å². The highest BCUT2D eigenvalue weighted by Crippen LogP contribution is 2.18. The van der Waals surface area contributed by atoms with Gasteiger partial charge >= 0.3 is 0 Å². The third kappa shape index (κ3) is 4.44. The van der Waals surface area contributed by atoms with E-state index in [9.17, 15) is 9.59 Å². The maximum Gasteiger partial charge on any atom is 0.277 e. The summed E-state index contributed by atoms with van der Waals surface area (Å²) >= 11 is 0. The Bertz CT molecular complexity index is 1160. The van der Waals surface area contributed by atoms with Crippen LogP contribution in [0.1, 0.15) is 23.0 Å². The van der Waals surface area contributed by atoms with Gasteiger partial charge in [0.25, 0.3) is 5.91 Å². The van der Waals surface area contributed by atoms with Gasteiger partial charge in [-0.2, -0.15) is 10.2 Å². The second-order valence-electron chi connectivity index (χ2n) is 6.68. The molecule has 8 nitrogen and oxygen atoms in total. The minimum Gasteiger partial charge on any atom is -0.311 e. The van der Waals surface area contributed by atoms with Crippen molar-refractivity contribution in [2.24, 2.45) is 0 Å². The summed E-state index contributed by atoms with van der Waals surface area (Å²) in [6.07, 6.45) is 1.80. The van der Waals surface area contributed by atoms with Crippen molar-refractivity contribution in [1.82, 2.24) is 19.6 Å². The van der Waals surface area contributed by atoms with Crippen LogP contribution in [0, 0.1) is 0 Å². The van der Waals surface area contributed by atoms with E-state index in [1.54, 1.807) is 16.9 Å². The highest BCUT2D eigenvalue weighted by atomic mass is 16.2. The van der Waals surface area contributed by atoms with Gasteiger partial charge in [0, 0.05) is 25.3 Å². The molecule has 4 aromatic rings. The fourth-order valence-electron chi connectivity index (χ4n) is 2.99. The summed E-state index contributed by atoms with van der Waals surface area (Å²) in [4.78, 5) is 24.3. The molecule has 0 saturated heterocycles. The van der Waals surface area contributed by atoms with E-state index in [2.05, 4.69) is 20.8 Å². The zero-order valence-corrected chi connectivity index (χ0v) is 16.3. The number of nitrogens with one attached hydrogen (secondary N) is 2. The molecular formula is C22H20N6O2. The Kier molecular flexibility index (Phi) is 5.38. The van der Waals surface area contributed by atoms with E-state index in [1.807, 2.05) is 60.7 Å². The predicted molar refractivity (Wildman–Crippen MR) is 114 cm³/mol. The van der Waals surface area contributed by atoms with Gasteiger partial charge in [-0.15, -0.1) is 0 Å². The second kappa shape index (κ2) is 8.44. The van der Waals surface area contributed by atoms with Crippen LogP contribution >= 0.6 is 0 Å². The van der Waals surface area contributed by atoms with Gasteiger partial charge in [-0.25, -0.2) is 4.68 Å². The van der Waals surface area contributed by atoms with Crippen LogP contribution in [0.25, 0.3) is 5.69 Å². The van der Waals surface area contributed by atoms with E-state index in [0.717, 1.165) is 11.3 Å². The summed E-state index contributed by atoms with van der Waals surface area (Å²) in [5.41, 5.74) is 2.01. The fraction of sp³-hybridized carbons (Fsp3) is 0.0909. The van der Waals surface area contributed by atoms with Crippen molar-refractivity contribution in [3.05, 3.63) is 90.3 Å². The van der Waals surface area contributed by atoms with Crippen molar-refractivity contribution >= 4 is 23.5 Å². The number of carbonyl (C=O) groups excluding carboxylic acids is 2. The minimum absolute atomic E-state index is 0.167. The molecule has 0 bridgehead atoms. The number of aromatic nitrogens is 4. The molecule has 8 heteroatoms. The molecule has 0 aliphatic heterocycles. The Balaban J connectivity index is 1.52. The Hall–Kier alpha value is -4.20. The van der Waals surface area contributed by atoms with Crippen LogP contribution in [0.2, 0.25) is 0 Å². The molecule has 0 saturated carbocycles. The van der Waals surface area contributed by atoms with Crippen LogP contribution in [0.5, 0.6) is 0 Å². The molecule has 2 aromatic heterocycles. The second-order valence-corrected chi connectivity index (χ2v) is 6.68. The van der Waals surface area contributed by atoms with Gasteiger partial charge in [-0.05, 0) is 17.7 Å². The van der Waals surface area contributed by atoms with E-state index in [-0.39, 0.29) is 11.6 Å². The van der Waals surface area contributed by atoms with E-state index in [4.69, 9.17) is 0 Å². The lowest BCUT2D eigenvalue weighted by Crippen LogP contribution is -2.14. The molecular weight excluding hydrogens is 380 g/mol. The molecule has 0 radical (unpaired) electrons. The van der Waals surface area contributed by atoms with Crippen molar-refractivity contribution in [2.45, 2.75) is 13.5 Å². The quantitative estimate of drug-likeness (QED) is 0.519. The average molecular weight is 400 g/mol. The fourth-order valence-corrected chi connectivity index (χ4v) is 2.99. The molecule has 0 unspecified atom stereocenters. The number of hydrogen-bond donors (Lipinski definition) is 2. The zero-order chi connectivity index (χ0) is 20.9. The third-order valence-electron chi connectivity index (χ3n) is 4.32. The molecule has 0 aliphatic rings. The number of nitrogens with zero attached hydrogens (tertiary/aromatic N) is 4. The van der Waals surface area contributed by atoms with E-state index in [1.165, 1.54) is 17.7 Å². The first-order valence-electron chi connectivity index (χ1n) is 9.40. The first-order valence-corrected chi connectivity index (χ1v) is 9.40. The Morgan fingerprint density at radius 3 is 2.30 bits per heavy atom. The molecule has 0 fully saturated rings. The van der Waals surface area contributed by atoms with E-state index < -0.39 is 5.91 Å². The summed E-state index contributed by atoms with van der Waals surface area (Å²) in [5, 5.41) is 14.2. The van der Waals surface area contributed by atoms with Crippen molar-refractivity contribution in [3.63, 3.8) is 0 Å². The van der Waals surface area contributed by atoms with Crippen LogP contribution in [-0.4, -0.2) is 31.4 Å². The van der Waals surface area contributed by atoms with Crippen molar-refractivity contribution in [1.29, 1.82) is 0 Å². The molecule has 2 heterocycles. The minimum atomic E-state index is -0.416. The molecule has 0 atom stereocenters. The van der Waals surface area contributed by atoms with Gasteiger partial charge < -0.3 is 10.6 Å². The Labute approximate surface area is 173 Å². The monoisotopic (exact) mass is 400 g/mol. The van der Waals surface area contributed by atoms with Crippen LogP contribution in [0.3, 0.4) is 0 Å². The summed E-state index contributed by atoms with van der Waals surface area (Å²) < 4.78 is 3.26. The SMILES string of the molecule is CC(=O)Nc1cc(C(=O)Nc2ccn(Cc3ccccc3)n2)nn1-c1ccccc1. The number of amides is 2. The first-order chi connectivity index (χ1) is 14.6. The molecule has 2 N–H and O–H groups in total. The van der Waals surface area contributed by atoms with Gasteiger partial charge in [0.15, 0.2) is 11.5 Å². The summed E-state index contributed by atoms with van der Waals surface area (Å²) in [7, 11) is 0. The van der Waals surface area contributed by atoms with Crippen molar-refractivity contribution in [2.75, 3.05) is 10.6 Å². The van der Waals surface area contributed by atoms with Crippen LogP contribution in [0.15, 0.2) is 79.0 Å². The summed E-state index contributed by atoms with van der Waals surface area (Å²) in [6, 6.07) is 22.5. The lowest BCUT2D eigenvalue weighted by Gasteiger charge is -2.06. The molecule has 150 valence electrons. The molecule has 4 rings (SSSR count). The summed E-state index contributed by atoms with van der Waals surface area (Å²) in [5.74, 6) is 0.166. The normalized spacial score (nSPS) is 10.6. The topological polar surface area (TPSA) is 93.8 Å². The number of anilines is 2. The lowest BCUT2D eigenvalue weighted by atomic mass is 10.2. The smallest absolute Gasteiger partial charge is 0.277 e. The maximum atomic E-state index is 12.7. The predicted octanol–water partition coefficient (Wildman–Crippen LogP) is 3.33. The van der Waals surface area contributed by atoms with Gasteiger partial charge in [0.05, 0.1) is 12.2 Å². The van der Waals surface area contributed by atoms with Gasteiger partial charge in [0.1, 0.15) is 5.82 Å². The summed E-state index contributed by atoms with van der Waals surface area (Å²) in [6.45, 7) is 2.01. The number of para-hydroxylation sites is 1. The Morgan fingerprint density at radius 2 is 1.60 bits per heavy atom. The Morgan fingerprint density at radius 1 is 0.900 bits per heavy atom. The molecule has 0 aliphatic carbocycles. The zero-order valence-electron chi connectivity index (χ0n) is 16.3. The number of carbonyl (C=O) groups is 2. The largest absolute Gasteiger partial charge is 0.311 e. The number of hydrogen-bond acceptors (Lipinski definition) is 4. The lowest BCUT2D eigenvalue weighted by molar-refractivity contribution is -0.114. The molecule has 30 heavy (non-hydrogen) atoms. The van der Waals surface area contributed by atoms with Gasteiger partial charge in [0.2, 0.25) is 5.91 Å². The molecule has 0 spiro atoms. The van der Waals surface area contributed by atoms with E-state index >= 15 is 0 Å². The third-order valence-corrected chi connectivity index (χ3v) is 4.32. The van der Waals surface area contributed by atoms with Crippen LogP contribution < -0.4 is 10.6 Å². The number of benzene rings is 2. The van der Waals surface area contributed by atoms with Crippen LogP contribution in [0.4, 0.5) is 11.6 Å². The van der Waals surface area contributed by atoms with Gasteiger partial charge in [-0.3, -0.25) is 14.3 Å².